The van der Waals surface area contributed by atoms with Crippen LogP contribution in [0.15, 0.2) is 70.8 Å². The zero-order chi connectivity index (χ0) is 19.3. The van der Waals surface area contributed by atoms with Crippen molar-refractivity contribution < 1.29 is 9.21 Å². The molecule has 140 valence electrons. The molecule has 0 atom stereocenters. The number of thioether (sulfide) groups is 1. The fraction of sp³-hybridized carbons (Fsp3) is 0.0556. The highest BCUT2D eigenvalue weighted by Crippen LogP contribution is 2.22. The quantitative estimate of drug-likeness (QED) is 0.482. The van der Waals surface area contributed by atoms with Crippen LogP contribution < -0.4 is 5.32 Å². The zero-order valence-electron chi connectivity index (χ0n) is 14.3. The predicted octanol–water partition coefficient (Wildman–Crippen LogP) is 3.70. The van der Waals surface area contributed by atoms with Gasteiger partial charge >= 0.3 is 0 Å². The second-order valence-corrected chi connectivity index (χ2v) is 7.00. The highest BCUT2D eigenvalue weighted by molar-refractivity contribution is 7.99. The molecule has 0 saturated carbocycles. The lowest BCUT2D eigenvalue weighted by molar-refractivity contribution is -0.113. The number of hydrogen-bond donors (Lipinski definition) is 1. The SMILES string of the molecule is O=C(CSc1nncn1-c1cccc(Cl)c1)Nc1ccc(-c2nnco2)cc1. The molecular formula is C18H13ClN6O2S. The van der Waals surface area contributed by atoms with Crippen LogP contribution in [0.25, 0.3) is 17.1 Å². The van der Waals surface area contributed by atoms with Gasteiger partial charge in [0.05, 0.1) is 11.4 Å². The van der Waals surface area contributed by atoms with Crippen molar-refractivity contribution in [2.24, 2.45) is 0 Å². The van der Waals surface area contributed by atoms with Crippen molar-refractivity contribution >= 4 is 35.0 Å². The molecule has 28 heavy (non-hydrogen) atoms. The van der Waals surface area contributed by atoms with Gasteiger partial charge in [0, 0.05) is 16.3 Å². The number of benzene rings is 2. The first-order valence-corrected chi connectivity index (χ1v) is 9.50. The fourth-order valence-corrected chi connectivity index (χ4v) is 3.36. The molecule has 0 fully saturated rings. The summed E-state index contributed by atoms with van der Waals surface area (Å²) in [5.41, 5.74) is 2.28. The number of amides is 1. The van der Waals surface area contributed by atoms with Crippen LogP contribution in [0.2, 0.25) is 5.02 Å². The van der Waals surface area contributed by atoms with Gasteiger partial charge in [-0.3, -0.25) is 9.36 Å². The van der Waals surface area contributed by atoms with Crippen LogP contribution in [0.5, 0.6) is 0 Å². The molecule has 0 saturated heterocycles. The van der Waals surface area contributed by atoms with Gasteiger partial charge in [-0.1, -0.05) is 29.4 Å². The maximum absolute atomic E-state index is 12.3. The molecule has 4 rings (SSSR count). The van der Waals surface area contributed by atoms with Crippen molar-refractivity contribution in [3.63, 3.8) is 0 Å². The number of halogens is 1. The maximum Gasteiger partial charge on any atom is 0.247 e. The van der Waals surface area contributed by atoms with Gasteiger partial charge < -0.3 is 9.73 Å². The Hall–Kier alpha value is -3.17. The summed E-state index contributed by atoms with van der Waals surface area (Å²) < 4.78 is 6.92. The molecule has 0 spiro atoms. The van der Waals surface area contributed by atoms with E-state index < -0.39 is 0 Å². The molecule has 0 unspecified atom stereocenters. The summed E-state index contributed by atoms with van der Waals surface area (Å²) in [6, 6.07) is 14.5. The van der Waals surface area contributed by atoms with E-state index in [1.165, 1.54) is 18.2 Å². The largest absolute Gasteiger partial charge is 0.423 e. The number of anilines is 1. The Kier molecular flexibility index (Phi) is 5.36. The van der Waals surface area contributed by atoms with Gasteiger partial charge in [-0.2, -0.15) is 0 Å². The molecule has 2 aromatic heterocycles. The first-order chi connectivity index (χ1) is 13.7. The van der Waals surface area contributed by atoms with E-state index in [-0.39, 0.29) is 11.7 Å². The summed E-state index contributed by atoms with van der Waals surface area (Å²) in [5.74, 6) is 0.454. The first-order valence-electron chi connectivity index (χ1n) is 8.14. The third-order valence-electron chi connectivity index (χ3n) is 3.71. The Bertz CT molecular complexity index is 1080. The molecule has 0 aliphatic carbocycles. The van der Waals surface area contributed by atoms with E-state index in [1.807, 2.05) is 12.1 Å². The van der Waals surface area contributed by atoms with Crippen LogP contribution in [0.1, 0.15) is 0 Å². The lowest BCUT2D eigenvalue weighted by Gasteiger charge is -2.07. The average molecular weight is 413 g/mol. The van der Waals surface area contributed by atoms with Crippen molar-refractivity contribution in [2.45, 2.75) is 5.16 Å². The second-order valence-electron chi connectivity index (χ2n) is 5.62. The second kappa shape index (κ2) is 8.24. The number of nitrogens with one attached hydrogen (secondary N) is 1. The summed E-state index contributed by atoms with van der Waals surface area (Å²) in [4.78, 5) is 12.3. The van der Waals surface area contributed by atoms with Crippen molar-refractivity contribution in [3.05, 3.63) is 66.3 Å². The first kappa shape index (κ1) is 18.2. The molecule has 8 nitrogen and oxygen atoms in total. The van der Waals surface area contributed by atoms with E-state index in [2.05, 4.69) is 25.7 Å². The number of carbonyl (C=O) groups excluding carboxylic acids is 1. The summed E-state index contributed by atoms with van der Waals surface area (Å²) in [6.45, 7) is 0. The molecule has 0 aliphatic heterocycles. The maximum atomic E-state index is 12.3. The summed E-state index contributed by atoms with van der Waals surface area (Å²) in [5, 5.41) is 19.5. The lowest BCUT2D eigenvalue weighted by atomic mass is 10.2. The number of aromatic nitrogens is 5. The molecular weight excluding hydrogens is 400 g/mol. The smallest absolute Gasteiger partial charge is 0.247 e. The Morgan fingerprint density at radius 3 is 2.75 bits per heavy atom. The van der Waals surface area contributed by atoms with Crippen LogP contribution in [-0.2, 0) is 4.79 Å². The molecule has 0 radical (unpaired) electrons. The number of hydrogen-bond acceptors (Lipinski definition) is 7. The van der Waals surface area contributed by atoms with Crippen LogP contribution >= 0.6 is 23.4 Å². The monoisotopic (exact) mass is 412 g/mol. The highest BCUT2D eigenvalue weighted by atomic mass is 35.5. The molecule has 2 heterocycles. The van der Waals surface area contributed by atoms with Gasteiger partial charge in [-0.25, -0.2) is 0 Å². The minimum absolute atomic E-state index is 0.156. The third-order valence-corrected chi connectivity index (χ3v) is 4.89. The topological polar surface area (TPSA) is 98.7 Å². The number of nitrogens with zero attached hydrogens (tertiary/aromatic N) is 5. The van der Waals surface area contributed by atoms with Gasteiger partial charge in [0.1, 0.15) is 6.33 Å². The summed E-state index contributed by atoms with van der Waals surface area (Å²) in [6.07, 6.45) is 2.85. The van der Waals surface area contributed by atoms with Crippen LogP contribution in [0.3, 0.4) is 0 Å². The number of rotatable bonds is 6. The Morgan fingerprint density at radius 2 is 2.00 bits per heavy atom. The third kappa shape index (κ3) is 4.21. The van der Waals surface area contributed by atoms with Gasteiger partial charge in [-0.05, 0) is 42.5 Å². The molecule has 1 amide bonds. The average Bonchev–Trinajstić information content (AvgIpc) is 3.39. The van der Waals surface area contributed by atoms with E-state index in [9.17, 15) is 4.79 Å². The summed E-state index contributed by atoms with van der Waals surface area (Å²) >= 11 is 7.32. The Morgan fingerprint density at radius 1 is 1.14 bits per heavy atom. The minimum Gasteiger partial charge on any atom is -0.423 e. The summed E-state index contributed by atoms with van der Waals surface area (Å²) in [7, 11) is 0. The van der Waals surface area contributed by atoms with Crippen molar-refractivity contribution in [2.75, 3.05) is 11.1 Å². The Labute approximate surface area is 168 Å². The normalized spacial score (nSPS) is 10.8. The minimum atomic E-state index is -0.156. The molecule has 4 aromatic rings. The van der Waals surface area contributed by atoms with Gasteiger partial charge in [0.2, 0.25) is 18.2 Å². The van der Waals surface area contributed by atoms with Crippen molar-refractivity contribution in [1.29, 1.82) is 0 Å². The molecule has 0 bridgehead atoms. The van der Waals surface area contributed by atoms with E-state index in [0.29, 0.717) is 21.8 Å². The fourth-order valence-electron chi connectivity index (χ4n) is 2.45. The van der Waals surface area contributed by atoms with E-state index in [1.54, 1.807) is 47.3 Å². The molecule has 10 heteroatoms. The standard InChI is InChI=1S/C18H13ClN6O2S/c19-13-2-1-3-15(8-13)25-10-20-24-18(25)28-9-16(26)22-14-6-4-12(5-7-14)17-23-21-11-27-17/h1-8,10-11H,9H2,(H,22,26). The Balaban J connectivity index is 1.37. The van der Waals surface area contributed by atoms with Crippen LogP contribution in [0.4, 0.5) is 5.69 Å². The van der Waals surface area contributed by atoms with Gasteiger partial charge in [0.15, 0.2) is 5.16 Å². The van der Waals surface area contributed by atoms with Crippen LogP contribution in [-0.4, -0.2) is 36.6 Å². The van der Waals surface area contributed by atoms with Crippen molar-refractivity contribution in [3.8, 4) is 17.1 Å². The van der Waals surface area contributed by atoms with E-state index in [4.69, 9.17) is 16.0 Å². The van der Waals surface area contributed by atoms with Gasteiger partial charge in [-0.15, -0.1) is 20.4 Å². The van der Waals surface area contributed by atoms with E-state index in [0.717, 1.165) is 11.3 Å². The van der Waals surface area contributed by atoms with E-state index >= 15 is 0 Å². The zero-order valence-corrected chi connectivity index (χ0v) is 15.9. The highest BCUT2D eigenvalue weighted by Gasteiger charge is 2.11. The van der Waals surface area contributed by atoms with Gasteiger partial charge in [0.25, 0.3) is 0 Å². The number of carbonyl (C=O) groups is 1. The lowest BCUT2D eigenvalue weighted by Crippen LogP contribution is -2.14. The molecule has 1 N–H and O–H groups in total. The molecule has 2 aromatic carbocycles. The van der Waals surface area contributed by atoms with Crippen molar-refractivity contribution in [1.82, 2.24) is 25.0 Å². The predicted molar refractivity (Wildman–Crippen MR) is 105 cm³/mol. The molecule has 0 aliphatic rings. The van der Waals surface area contributed by atoms with Crippen LogP contribution in [0, 0.1) is 0 Å².